The van der Waals surface area contributed by atoms with Gasteiger partial charge in [-0.15, -0.1) is 0 Å². The summed E-state index contributed by atoms with van der Waals surface area (Å²) in [6.45, 7) is 0.0827. The lowest BCUT2D eigenvalue weighted by Gasteiger charge is -2.17. The van der Waals surface area contributed by atoms with E-state index in [-0.39, 0.29) is 16.5 Å². The second-order valence-electron chi connectivity index (χ2n) is 4.76. The molecule has 0 amide bonds. The molecule has 9 heteroatoms. The first kappa shape index (κ1) is 17.7. The van der Waals surface area contributed by atoms with E-state index < -0.39 is 20.6 Å². The molecule has 122 valence electrons. The lowest BCUT2D eigenvalue weighted by atomic mass is 10.2. The number of hydrogen-bond acceptors (Lipinski definition) is 4. The molecule has 23 heavy (non-hydrogen) atoms. The van der Waals surface area contributed by atoms with Gasteiger partial charge in [-0.1, -0.05) is 35.3 Å². The molecule has 0 aliphatic heterocycles. The van der Waals surface area contributed by atoms with E-state index in [1.54, 1.807) is 24.3 Å². The smallest absolute Gasteiger partial charge is 0.258 e. The Bertz CT molecular complexity index is 856. The maximum Gasteiger partial charge on any atom is 0.289 e. The van der Waals surface area contributed by atoms with E-state index in [1.165, 1.54) is 19.2 Å². The minimum Gasteiger partial charge on any atom is -0.258 e. The maximum absolute atomic E-state index is 12.5. The second-order valence-corrected chi connectivity index (χ2v) is 7.65. The van der Waals surface area contributed by atoms with Crippen LogP contribution in [0.3, 0.4) is 0 Å². The molecule has 0 heterocycles. The third-order valence-corrected chi connectivity index (χ3v) is 5.47. The van der Waals surface area contributed by atoms with Crippen molar-refractivity contribution in [3.8, 4) is 0 Å². The number of hydrogen-bond donors (Lipinski definition) is 0. The van der Waals surface area contributed by atoms with Gasteiger partial charge in [-0.05, 0) is 29.8 Å². The molecule has 0 aromatic heterocycles. The summed E-state index contributed by atoms with van der Waals surface area (Å²) in [5.74, 6) is 0. The summed E-state index contributed by atoms with van der Waals surface area (Å²) in [7, 11) is -2.51. The normalized spacial score (nSPS) is 11.7. The molecule has 0 aliphatic rings. The van der Waals surface area contributed by atoms with Crippen LogP contribution in [0.4, 0.5) is 5.69 Å². The fourth-order valence-corrected chi connectivity index (χ4v) is 3.53. The second kappa shape index (κ2) is 6.84. The van der Waals surface area contributed by atoms with E-state index in [9.17, 15) is 18.5 Å². The van der Waals surface area contributed by atoms with Gasteiger partial charge in [-0.2, -0.15) is 4.31 Å². The largest absolute Gasteiger partial charge is 0.289 e. The van der Waals surface area contributed by atoms with E-state index >= 15 is 0 Å². The number of halogens is 2. The first-order valence-electron chi connectivity index (χ1n) is 6.36. The molecule has 0 aliphatic carbocycles. The van der Waals surface area contributed by atoms with Crippen molar-refractivity contribution in [1.82, 2.24) is 4.31 Å². The zero-order valence-electron chi connectivity index (χ0n) is 11.9. The van der Waals surface area contributed by atoms with Gasteiger partial charge < -0.3 is 0 Å². The molecular formula is C14H12Cl2N2O4S. The van der Waals surface area contributed by atoms with Crippen molar-refractivity contribution in [3.63, 3.8) is 0 Å². The van der Waals surface area contributed by atoms with Gasteiger partial charge in [0.1, 0.15) is 5.02 Å². The lowest BCUT2D eigenvalue weighted by molar-refractivity contribution is -0.384. The van der Waals surface area contributed by atoms with Crippen LogP contribution in [-0.4, -0.2) is 24.7 Å². The minimum absolute atomic E-state index is 0.0827. The molecule has 0 spiro atoms. The summed E-state index contributed by atoms with van der Waals surface area (Å²) < 4.78 is 26.2. The molecule has 0 saturated heterocycles. The van der Waals surface area contributed by atoms with Crippen molar-refractivity contribution in [2.45, 2.75) is 11.4 Å². The molecule has 0 atom stereocenters. The van der Waals surface area contributed by atoms with Crippen LogP contribution in [0.15, 0.2) is 47.4 Å². The highest BCUT2D eigenvalue weighted by Crippen LogP contribution is 2.28. The minimum atomic E-state index is -3.90. The van der Waals surface area contributed by atoms with Crippen molar-refractivity contribution in [3.05, 3.63) is 68.2 Å². The fraction of sp³-hybridized carbons (Fsp3) is 0.143. The molecule has 2 aromatic rings. The Kier molecular flexibility index (Phi) is 5.26. The van der Waals surface area contributed by atoms with Crippen molar-refractivity contribution in [2.75, 3.05) is 7.05 Å². The Balaban J connectivity index is 2.34. The van der Waals surface area contributed by atoms with Crippen molar-refractivity contribution in [1.29, 1.82) is 0 Å². The standard InChI is InChI=1S/C14H12Cl2N2O4S/c1-17(9-10-3-2-4-11(15)7-10)23(21,22)12-5-6-13(16)14(8-12)18(19)20/h2-8H,9H2,1H3. The lowest BCUT2D eigenvalue weighted by Crippen LogP contribution is -2.26. The summed E-state index contributed by atoms with van der Waals surface area (Å²) in [6.07, 6.45) is 0. The van der Waals surface area contributed by atoms with E-state index in [0.29, 0.717) is 10.6 Å². The number of nitrogens with zero attached hydrogens (tertiary/aromatic N) is 2. The van der Waals surface area contributed by atoms with Crippen molar-refractivity contribution < 1.29 is 13.3 Å². The van der Waals surface area contributed by atoms with E-state index in [1.807, 2.05) is 0 Å². The van der Waals surface area contributed by atoms with Gasteiger partial charge in [0, 0.05) is 24.7 Å². The number of sulfonamides is 1. The zero-order valence-corrected chi connectivity index (χ0v) is 14.3. The fourth-order valence-electron chi connectivity index (χ4n) is 1.95. The predicted octanol–water partition coefficient (Wildman–Crippen LogP) is 3.72. The molecule has 0 unspecified atom stereocenters. The highest BCUT2D eigenvalue weighted by atomic mass is 35.5. The number of benzene rings is 2. The summed E-state index contributed by atoms with van der Waals surface area (Å²) >= 11 is 11.6. The molecule has 0 saturated carbocycles. The highest BCUT2D eigenvalue weighted by molar-refractivity contribution is 7.89. The van der Waals surface area contributed by atoms with Crippen LogP contribution in [-0.2, 0) is 16.6 Å². The molecular weight excluding hydrogens is 363 g/mol. The Morgan fingerprint density at radius 2 is 1.87 bits per heavy atom. The molecule has 2 rings (SSSR count). The zero-order chi connectivity index (χ0) is 17.2. The SMILES string of the molecule is CN(Cc1cccc(Cl)c1)S(=O)(=O)c1ccc(Cl)c([N+](=O)[O-])c1. The maximum atomic E-state index is 12.5. The van der Waals surface area contributed by atoms with E-state index in [2.05, 4.69) is 0 Å². The van der Waals surface area contributed by atoms with Crippen molar-refractivity contribution in [2.24, 2.45) is 0 Å². The number of nitro benzene ring substituents is 1. The van der Waals surface area contributed by atoms with Gasteiger partial charge in [0.2, 0.25) is 10.0 Å². The molecule has 0 fully saturated rings. The van der Waals surface area contributed by atoms with Crippen LogP contribution in [0.5, 0.6) is 0 Å². The van der Waals surface area contributed by atoms with Gasteiger partial charge in [0.05, 0.1) is 9.82 Å². The topological polar surface area (TPSA) is 80.5 Å². The molecule has 0 bridgehead atoms. The van der Waals surface area contributed by atoms with Crippen molar-refractivity contribution >= 4 is 38.9 Å². The number of rotatable bonds is 5. The van der Waals surface area contributed by atoms with Crippen LogP contribution in [0, 0.1) is 10.1 Å². The van der Waals surface area contributed by atoms with E-state index in [0.717, 1.165) is 10.4 Å². The summed E-state index contributed by atoms with van der Waals surface area (Å²) in [6, 6.07) is 10.2. The third kappa shape index (κ3) is 4.00. The monoisotopic (exact) mass is 374 g/mol. The van der Waals surface area contributed by atoms with Crippen LogP contribution >= 0.6 is 23.2 Å². The summed E-state index contributed by atoms with van der Waals surface area (Å²) in [4.78, 5) is 9.98. The van der Waals surface area contributed by atoms with Gasteiger partial charge in [0.15, 0.2) is 0 Å². The van der Waals surface area contributed by atoms with Crippen LogP contribution in [0.1, 0.15) is 5.56 Å². The summed E-state index contributed by atoms with van der Waals surface area (Å²) in [5.41, 5.74) is 0.246. The first-order chi connectivity index (χ1) is 10.7. The van der Waals surface area contributed by atoms with Gasteiger partial charge in [-0.3, -0.25) is 10.1 Å². The van der Waals surface area contributed by atoms with Gasteiger partial charge in [0.25, 0.3) is 5.69 Å². The number of nitro groups is 1. The predicted molar refractivity (Wildman–Crippen MR) is 88.2 cm³/mol. The average molecular weight is 375 g/mol. The highest BCUT2D eigenvalue weighted by Gasteiger charge is 2.24. The Morgan fingerprint density at radius 1 is 1.17 bits per heavy atom. The molecule has 6 nitrogen and oxygen atoms in total. The van der Waals surface area contributed by atoms with Crippen LogP contribution in [0.25, 0.3) is 0 Å². The van der Waals surface area contributed by atoms with E-state index in [4.69, 9.17) is 23.2 Å². The molecule has 2 aromatic carbocycles. The van der Waals surface area contributed by atoms with Gasteiger partial charge in [-0.25, -0.2) is 8.42 Å². The summed E-state index contributed by atoms with van der Waals surface area (Å²) in [5, 5.41) is 11.3. The van der Waals surface area contributed by atoms with Crippen LogP contribution < -0.4 is 0 Å². The average Bonchev–Trinajstić information content (AvgIpc) is 2.47. The Hall–Kier alpha value is -1.67. The Morgan fingerprint density at radius 3 is 2.48 bits per heavy atom. The quantitative estimate of drug-likeness (QED) is 0.589. The first-order valence-corrected chi connectivity index (χ1v) is 8.56. The molecule has 0 N–H and O–H groups in total. The van der Waals surface area contributed by atoms with Gasteiger partial charge >= 0.3 is 0 Å². The third-order valence-electron chi connectivity index (χ3n) is 3.12. The Labute approximate surface area is 143 Å². The molecule has 0 radical (unpaired) electrons. The van der Waals surface area contributed by atoms with Crippen LogP contribution in [0.2, 0.25) is 10.0 Å².